The maximum absolute atomic E-state index is 10.0. The van der Waals surface area contributed by atoms with E-state index in [9.17, 15) is 5.11 Å². The van der Waals surface area contributed by atoms with Crippen LogP contribution in [0.25, 0.3) is 0 Å². The molecule has 2 aliphatic heterocycles. The summed E-state index contributed by atoms with van der Waals surface area (Å²) in [5.41, 5.74) is 1.97. The lowest BCUT2D eigenvalue weighted by molar-refractivity contribution is -0.108. The molecule has 0 aromatic carbocycles. The topological polar surface area (TPSA) is 102 Å². The minimum absolute atomic E-state index is 0.159. The molecule has 3 N–H and O–H groups in total. The number of likely N-dealkylation sites (tertiary alicyclic amines) is 1. The highest BCUT2D eigenvalue weighted by Crippen LogP contribution is 2.46. The Hall–Kier alpha value is -1.36. The molecule has 0 bridgehead atoms. The number of hydrogen-bond donors (Lipinski definition) is 2. The first kappa shape index (κ1) is 26.2. The number of rotatable bonds is 12. The van der Waals surface area contributed by atoms with Gasteiger partial charge in [0.25, 0.3) is 0 Å². The van der Waals surface area contributed by atoms with Crippen molar-refractivity contribution in [3.63, 3.8) is 0 Å². The molecular formula is C24H40N4O4S. The number of fused-ring (bicyclic) bond motifs is 2. The van der Waals surface area contributed by atoms with E-state index in [1.807, 2.05) is 18.3 Å². The van der Waals surface area contributed by atoms with Crippen molar-refractivity contribution in [2.75, 3.05) is 52.7 Å². The zero-order chi connectivity index (χ0) is 23.7. The van der Waals surface area contributed by atoms with Crippen molar-refractivity contribution < 1.29 is 19.3 Å². The maximum atomic E-state index is 10.0. The van der Waals surface area contributed by atoms with Crippen molar-refractivity contribution in [3.05, 3.63) is 21.4 Å². The average Bonchev–Trinajstić information content (AvgIpc) is 3.25. The van der Waals surface area contributed by atoms with Gasteiger partial charge in [-0.1, -0.05) is 6.92 Å². The maximum Gasteiger partial charge on any atom is 0.0969 e. The number of aryl methyl sites for hydroxylation is 1. The van der Waals surface area contributed by atoms with Gasteiger partial charge in [-0.05, 0) is 44.7 Å². The van der Waals surface area contributed by atoms with Crippen molar-refractivity contribution in [1.82, 2.24) is 4.90 Å². The van der Waals surface area contributed by atoms with Crippen LogP contribution in [-0.4, -0.2) is 86.7 Å². The summed E-state index contributed by atoms with van der Waals surface area (Å²) in [6.45, 7) is 10.9. The third kappa shape index (κ3) is 7.07. The Morgan fingerprint density at radius 1 is 1.42 bits per heavy atom. The number of hydrazone groups is 1. The number of aliphatic hydroxyl groups is 1. The number of piperidine rings is 1. The van der Waals surface area contributed by atoms with Crippen LogP contribution in [0.4, 0.5) is 0 Å². The second-order valence-electron chi connectivity index (χ2n) is 8.81. The molecule has 1 aromatic rings. The van der Waals surface area contributed by atoms with E-state index in [2.05, 4.69) is 34.9 Å². The van der Waals surface area contributed by atoms with Crippen molar-refractivity contribution in [3.8, 4) is 0 Å². The highest BCUT2D eigenvalue weighted by atomic mass is 32.1. The summed E-state index contributed by atoms with van der Waals surface area (Å²) in [5, 5.41) is 14.0. The molecule has 3 rings (SSSR count). The van der Waals surface area contributed by atoms with Crippen LogP contribution in [0.1, 0.15) is 48.9 Å². The first-order valence-electron chi connectivity index (χ1n) is 12.1. The van der Waals surface area contributed by atoms with Crippen molar-refractivity contribution in [2.45, 2.75) is 64.2 Å². The van der Waals surface area contributed by atoms with E-state index < -0.39 is 6.10 Å². The van der Waals surface area contributed by atoms with Crippen molar-refractivity contribution >= 4 is 23.3 Å². The Morgan fingerprint density at radius 3 is 2.97 bits per heavy atom. The number of ether oxygens (including phenoxy) is 3. The summed E-state index contributed by atoms with van der Waals surface area (Å²) in [7, 11) is 0. The van der Waals surface area contributed by atoms with Gasteiger partial charge in [-0.3, -0.25) is 9.89 Å². The van der Waals surface area contributed by atoms with E-state index >= 15 is 0 Å². The predicted molar refractivity (Wildman–Crippen MR) is 134 cm³/mol. The minimum atomic E-state index is -0.660. The van der Waals surface area contributed by atoms with Gasteiger partial charge in [0.1, 0.15) is 0 Å². The van der Waals surface area contributed by atoms with E-state index in [4.69, 9.17) is 20.1 Å². The quantitative estimate of drug-likeness (QED) is 0.206. The van der Waals surface area contributed by atoms with Crippen molar-refractivity contribution in [1.29, 1.82) is 0 Å². The number of nitrogens with two attached hydrogens (primary N) is 1. The molecule has 0 saturated carbocycles. The van der Waals surface area contributed by atoms with Gasteiger partial charge in [-0.25, -0.2) is 0 Å². The largest absolute Gasteiger partial charge is 0.389 e. The summed E-state index contributed by atoms with van der Waals surface area (Å²) in [6, 6.07) is 2.72. The standard InChI is InChI=1S/C24H40N4O4S/c1-4-21-12-22-23(33-21)6-9-32-24(22)7-8-28(18(3)13-24)16-19(27-25)14-26-15-20(29)17-31-11-10-30-5-2/h12,14,18,20,29H,4-11,13,15-17,25H2,1-3H3/b26-14?,27-19+/t18-,20?,24+/m0/s1. The van der Waals surface area contributed by atoms with Crippen molar-refractivity contribution in [2.24, 2.45) is 15.9 Å². The number of hydrogen-bond acceptors (Lipinski definition) is 9. The second kappa shape index (κ2) is 12.9. The van der Waals surface area contributed by atoms with Crippen LogP contribution >= 0.6 is 11.3 Å². The summed E-state index contributed by atoms with van der Waals surface area (Å²) < 4.78 is 17.0. The van der Waals surface area contributed by atoms with Gasteiger partial charge >= 0.3 is 0 Å². The second-order valence-corrected chi connectivity index (χ2v) is 10.0. The SMILES string of the molecule is CCOCCOCC(O)CN=C/C(CN1CC[C@]2(C[C@@H]1C)OCCc1sc(CC)cc12)=N\N. The van der Waals surface area contributed by atoms with Crippen LogP contribution in [0.2, 0.25) is 0 Å². The Labute approximate surface area is 201 Å². The zero-order valence-electron chi connectivity index (χ0n) is 20.3. The van der Waals surface area contributed by atoms with Gasteiger partial charge < -0.3 is 25.2 Å². The molecular weight excluding hydrogens is 440 g/mol. The lowest BCUT2D eigenvalue weighted by Gasteiger charge is -2.47. The molecule has 1 fully saturated rings. The van der Waals surface area contributed by atoms with E-state index in [1.54, 1.807) is 6.21 Å². The summed E-state index contributed by atoms with van der Waals surface area (Å²) >= 11 is 1.96. The molecule has 2 aliphatic rings. The lowest BCUT2D eigenvalue weighted by Crippen LogP contribution is -2.51. The molecule has 1 saturated heterocycles. The van der Waals surface area contributed by atoms with Gasteiger partial charge in [0.05, 0.1) is 50.4 Å². The molecule has 0 radical (unpaired) electrons. The van der Waals surface area contributed by atoms with Crippen LogP contribution in [0.3, 0.4) is 0 Å². The van der Waals surface area contributed by atoms with Crippen LogP contribution in [0.15, 0.2) is 16.2 Å². The number of nitrogens with zero attached hydrogens (tertiary/aromatic N) is 3. The minimum Gasteiger partial charge on any atom is -0.389 e. The molecule has 1 unspecified atom stereocenters. The number of aliphatic imine (C=N–C) groups is 1. The van der Waals surface area contributed by atoms with Crippen LogP contribution in [0, 0.1) is 0 Å². The van der Waals surface area contributed by atoms with Gasteiger partial charge in [-0.15, -0.1) is 11.3 Å². The fourth-order valence-electron chi connectivity index (χ4n) is 4.65. The third-order valence-electron chi connectivity index (χ3n) is 6.43. The van der Waals surface area contributed by atoms with E-state index in [0.29, 0.717) is 38.1 Å². The monoisotopic (exact) mass is 480 g/mol. The van der Waals surface area contributed by atoms with Gasteiger partial charge in [0.15, 0.2) is 0 Å². The summed E-state index contributed by atoms with van der Waals surface area (Å²) in [6.07, 6.45) is 5.06. The van der Waals surface area contributed by atoms with Gasteiger partial charge in [0, 0.05) is 48.1 Å². The number of aliphatic hydroxyl groups excluding tert-OH is 1. The van der Waals surface area contributed by atoms with Crippen LogP contribution in [0.5, 0.6) is 0 Å². The van der Waals surface area contributed by atoms with E-state index in [1.165, 1.54) is 15.3 Å². The molecule has 3 heterocycles. The lowest BCUT2D eigenvalue weighted by atomic mass is 9.79. The highest BCUT2D eigenvalue weighted by molar-refractivity contribution is 7.12. The van der Waals surface area contributed by atoms with E-state index in [-0.39, 0.29) is 18.8 Å². The molecule has 8 nitrogen and oxygen atoms in total. The van der Waals surface area contributed by atoms with Crippen LogP contribution < -0.4 is 5.84 Å². The molecule has 0 amide bonds. The van der Waals surface area contributed by atoms with E-state index in [0.717, 1.165) is 38.8 Å². The molecule has 186 valence electrons. The molecule has 1 aromatic heterocycles. The Kier molecular flexibility index (Phi) is 10.3. The Morgan fingerprint density at radius 2 is 2.24 bits per heavy atom. The molecule has 0 aliphatic carbocycles. The summed E-state index contributed by atoms with van der Waals surface area (Å²) in [4.78, 5) is 9.68. The average molecular weight is 481 g/mol. The van der Waals surface area contributed by atoms with Gasteiger partial charge in [-0.2, -0.15) is 5.10 Å². The first-order chi connectivity index (χ1) is 16.0. The zero-order valence-corrected chi connectivity index (χ0v) is 21.1. The first-order valence-corrected chi connectivity index (χ1v) is 12.9. The fourth-order valence-corrected chi connectivity index (χ4v) is 5.83. The highest BCUT2D eigenvalue weighted by Gasteiger charge is 2.44. The Bertz CT molecular complexity index is 799. The molecule has 3 atom stereocenters. The molecule has 1 spiro atoms. The van der Waals surface area contributed by atoms with Crippen LogP contribution in [-0.2, 0) is 32.7 Å². The smallest absolute Gasteiger partial charge is 0.0969 e. The Balaban J connectivity index is 1.49. The predicted octanol–water partition coefficient (Wildman–Crippen LogP) is 2.36. The molecule has 9 heteroatoms. The normalized spacial score (nSPS) is 25.1. The van der Waals surface area contributed by atoms with Gasteiger partial charge in [0.2, 0.25) is 0 Å². The molecule has 33 heavy (non-hydrogen) atoms. The summed E-state index contributed by atoms with van der Waals surface area (Å²) in [5.74, 6) is 5.64. The number of thiophene rings is 1. The fraction of sp³-hybridized carbons (Fsp3) is 0.750. The third-order valence-corrected chi connectivity index (χ3v) is 7.77.